The Morgan fingerprint density at radius 3 is 2.44 bits per heavy atom. The number of anilines is 1. The first-order valence-electron chi connectivity index (χ1n) is 9.48. The van der Waals surface area contributed by atoms with Crippen LogP contribution >= 0.6 is 0 Å². The van der Waals surface area contributed by atoms with Gasteiger partial charge in [-0.25, -0.2) is 8.42 Å². The summed E-state index contributed by atoms with van der Waals surface area (Å²) < 4.78 is 74.2. The van der Waals surface area contributed by atoms with Gasteiger partial charge in [-0.3, -0.25) is 0 Å². The van der Waals surface area contributed by atoms with Gasteiger partial charge in [-0.1, -0.05) is 11.2 Å². The fraction of sp³-hybridized carbons (Fsp3) is 0.300. The molecular formula is C20H19F3N4O4S. The van der Waals surface area contributed by atoms with Gasteiger partial charge in [-0.2, -0.15) is 22.5 Å². The summed E-state index contributed by atoms with van der Waals surface area (Å²) in [6.07, 6.45) is -4.70. The van der Waals surface area contributed by atoms with Gasteiger partial charge in [-0.15, -0.1) is 0 Å². The number of hydrogen-bond acceptors (Lipinski definition) is 7. The van der Waals surface area contributed by atoms with Crippen molar-refractivity contribution >= 4 is 15.7 Å². The van der Waals surface area contributed by atoms with Crippen molar-refractivity contribution in [1.29, 1.82) is 0 Å². The molecule has 3 aromatic rings. The number of sulfonamides is 1. The molecule has 8 nitrogen and oxygen atoms in total. The Morgan fingerprint density at radius 2 is 1.84 bits per heavy atom. The molecule has 1 aromatic heterocycles. The Morgan fingerprint density at radius 1 is 1.16 bits per heavy atom. The second kappa shape index (κ2) is 8.10. The van der Waals surface area contributed by atoms with Crippen molar-refractivity contribution in [2.24, 2.45) is 0 Å². The standard InChI is InChI=1S/C20H19F3N4O4S/c1-26(14-8-6-13(7-9-14)18-24-19(31-25-18)20(21,22)23)15-11-27(12-15)32(28,29)17-5-3-4-16(10-17)30-2/h3-10,15H,11-12H2,1-2H3. The number of rotatable bonds is 6. The topological polar surface area (TPSA) is 88.8 Å². The predicted molar refractivity (Wildman–Crippen MR) is 109 cm³/mol. The van der Waals surface area contributed by atoms with E-state index in [1.165, 1.54) is 23.5 Å². The average molecular weight is 468 g/mol. The van der Waals surface area contributed by atoms with Crippen molar-refractivity contribution in [2.45, 2.75) is 17.1 Å². The molecule has 0 bridgehead atoms. The first kappa shape index (κ1) is 22.1. The number of likely N-dealkylation sites (N-methyl/N-ethyl adjacent to an activating group) is 1. The monoisotopic (exact) mass is 468 g/mol. The Balaban J connectivity index is 1.42. The van der Waals surface area contributed by atoms with Crippen molar-refractivity contribution in [2.75, 3.05) is 32.1 Å². The highest BCUT2D eigenvalue weighted by Gasteiger charge is 2.40. The maximum absolute atomic E-state index is 12.8. The van der Waals surface area contributed by atoms with Crippen LogP contribution in [0.3, 0.4) is 0 Å². The minimum absolute atomic E-state index is 0.0526. The SMILES string of the molecule is COc1cccc(S(=O)(=O)N2CC(N(C)c3ccc(-c4noc(C(F)(F)F)n4)cc3)C2)c1. The molecule has 1 aliphatic rings. The van der Waals surface area contributed by atoms with Crippen LogP contribution in [0.25, 0.3) is 11.4 Å². The molecule has 0 aliphatic carbocycles. The van der Waals surface area contributed by atoms with Gasteiger partial charge >= 0.3 is 12.1 Å². The number of alkyl halides is 3. The summed E-state index contributed by atoms with van der Waals surface area (Å²) in [6, 6.07) is 12.8. The molecule has 1 saturated heterocycles. The van der Waals surface area contributed by atoms with Crippen molar-refractivity contribution in [3.8, 4) is 17.1 Å². The molecule has 2 heterocycles. The summed E-state index contributed by atoms with van der Waals surface area (Å²) in [5.74, 6) is -1.10. The number of nitrogens with zero attached hydrogens (tertiary/aromatic N) is 4. The third kappa shape index (κ3) is 4.15. The maximum Gasteiger partial charge on any atom is 0.471 e. The highest BCUT2D eigenvalue weighted by molar-refractivity contribution is 7.89. The lowest BCUT2D eigenvalue weighted by molar-refractivity contribution is -0.159. The van der Waals surface area contributed by atoms with Gasteiger partial charge in [0.15, 0.2) is 0 Å². The van der Waals surface area contributed by atoms with Gasteiger partial charge in [0.05, 0.1) is 18.0 Å². The molecular weight excluding hydrogens is 449 g/mol. The molecule has 0 radical (unpaired) electrons. The van der Waals surface area contributed by atoms with E-state index < -0.39 is 22.1 Å². The lowest BCUT2D eigenvalue weighted by Crippen LogP contribution is -2.60. The van der Waals surface area contributed by atoms with E-state index in [4.69, 9.17) is 4.74 Å². The zero-order valence-corrected chi connectivity index (χ0v) is 17.9. The molecule has 4 rings (SSSR count). The smallest absolute Gasteiger partial charge is 0.471 e. The maximum atomic E-state index is 12.8. The first-order valence-corrected chi connectivity index (χ1v) is 10.9. The molecule has 0 amide bonds. The van der Waals surface area contributed by atoms with Gasteiger partial charge in [0, 0.05) is 37.5 Å². The summed E-state index contributed by atoms with van der Waals surface area (Å²) in [7, 11) is -0.332. The second-order valence-corrected chi connectivity index (χ2v) is 9.17. The third-order valence-electron chi connectivity index (χ3n) is 5.26. The minimum Gasteiger partial charge on any atom is -0.497 e. The molecule has 0 saturated carbocycles. The van der Waals surface area contributed by atoms with Crippen molar-refractivity contribution < 1.29 is 30.8 Å². The summed E-state index contributed by atoms with van der Waals surface area (Å²) in [5.41, 5.74) is 1.15. The summed E-state index contributed by atoms with van der Waals surface area (Å²) >= 11 is 0. The number of ether oxygens (including phenoxy) is 1. The van der Waals surface area contributed by atoms with E-state index in [9.17, 15) is 21.6 Å². The van der Waals surface area contributed by atoms with Crippen LogP contribution in [-0.4, -0.2) is 56.2 Å². The Hall–Kier alpha value is -3.12. The molecule has 2 aromatic carbocycles. The Labute approximate surface area is 182 Å². The van der Waals surface area contributed by atoms with Crippen LogP contribution in [0.2, 0.25) is 0 Å². The van der Waals surface area contributed by atoms with Crippen LogP contribution in [0.4, 0.5) is 18.9 Å². The third-order valence-corrected chi connectivity index (χ3v) is 7.08. The van der Waals surface area contributed by atoms with Gasteiger partial charge in [0.2, 0.25) is 15.8 Å². The van der Waals surface area contributed by atoms with Gasteiger partial charge in [0.1, 0.15) is 5.75 Å². The number of benzene rings is 2. The van der Waals surface area contributed by atoms with E-state index >= 15 is 0 Å². The fourth-order valence-corrected chi connectivity index (χ4v) is 4.83. The second-order valence-electron chi connectivity index (χ2n) is 7.23. The van der Waals surface area contributed by atoms with Gasteiger partial charge in [-0.05, 0) is 36.4 Å². The lowest BCUT2D eigenvalue weighted by Gasteiger charge is -2.43. The number of halogens is 3. The van der Waals surface area contributed by atoms with Gasteiger partial charge < -0.3 is 14.2 Å². The number of hydrogen-bond donors (Lipinski definition) is 0. The zero-order chi connectivity index (χ0) is 23.1. The molecule has 170 valence electrons. The molecule has 0 unspecified atom stereocenters. The molecule has 0 spiro atoms. The van der Waals surface area contributed by atoms with Crippen LogP contribution in [0.15, 0.2) is 57.9 Å². The van der Waals surface area contributed by atoms with E-state index in [-0.39, 0.29) is 16.8 Å². The summed E-state index contributed by atoms with van der Waals surface area (Å²) in [6.45, 7) is 0.606. The van der Waals surface area contributed by atoms with E-state index in [1.54, 1.807) is 36.4 Å². The Kier molecular flexibility index (Phi) is 5.59. The van der Waals surface area contributed by atoms with Crippen molar-refractivity contribution in [1.82, 2.24) is 14.4 Å². The van der Waals surface area contributed by atoms with Crippen LogP contribution in [0.1, 0.15) is 5.89 Å². The molecule has 12 heteroatoms. The van der Waals surface area contributed by atoms with Crippen LogP contribution in [-0.2, 0) is 16.2 Å². The summed E-state index contributed by atoms with van der Waals surface area (Å²) in [4.78, 5) is 5.45. The largest absolute Gasteiger partial charge is 0.497 e. The minimum atomic E-state index is -4.70. The van der Waals surface area contributed by atoms with Crippen LogP contribution in [0.5, 0.6) is 5.75 Å². The zero-order valence-electron chi connectivity index (χ0n) is 17.1. The van der Waals surface area contributed by atoms with Crippen molar-refractivity contribution in [3.05, 3.63) is 54.4 Å². The number of methoxy groups -OCH3 is 1. The van der Waals surface area contributed by atoms with E-state index in [0.717, 1.165) is 5.69 Å². The quantitative estimate of drug-likeness (QED) is 0.549. The van der Waals surface area contributed by atoms with E-state index in [0.29, 0.717) is 24.4 Å². The normalized spacial score (nSPS) is 15.4. The molecule has 1 fully saturated rings. The lowest BCUT2D eigenvalue weighted by atomic mass is 10.1. The van der Waals surface area contributed by atoms with Crippen LogP contribution in [0, 0.1) is 0 Å². The number of aromatic nitrogens is 2. The fourth-order valence-electron chi connectivity index (χ4n) is 3.28. The van der Waals surface area contributed by atoms with Gasteiger partial charge in [0.25, 0.3) is 0 Å². The average Bonchev–Trinajstić information content (AvgIpc) is 3.23. The highest BCUT2D eigenvalue weighted by Crippen LogP contribution is 2.31. The van der Waals surface area contributed by atoms with Crippen LogP contribution < -0.4 is 9.64 Å². The molecule has 1 aliphatic heterocycles. The Bertz CT molecular complexity index is 1210. The van der Waals surface area contributed by atoms with E-state index in [2.05, 4.69) is 14.7 Å². The molecule has 0 N–H and O–H groups in total. The predicted octanol–water partition coefficient (Wildman–Crippen LogP) is 3.27. The highest BCUT2D eigenvalue weighted by atomic mass is 32.2. The first-order chi connectivity index (χ1) is 15.1. The van der Waals surface area contributed by atoms with Crippen molar-refractivity contribution in [3.63, 3.8) is 0 Å². The molecule has 32 heavy (non-hydrogen) atoms. The van der Waals surface area contributed by atoms with E-state index in [1.807, 2.05) is 11.9 Å². The summed E-state index contributed by atoms with van der Waals surface area (Å²) in [5, 5.41) is 3.37. The molecule has 0 atom stereocenters.